The maximum Gasteiger partial charge on any atom is 0.217 e. The molecule has 320 valence electrons. The maximum atomic E-state index is 5.67. The highest BCUT2D eigenvalue weighted by Crippen LogP contribution is 2.50. The fourth-order valence-electron chi connectivity index (χ4n) is 10.7. The van der Waals surface area contributed by atoms with E-state index < -0.39 is 0 Å². The second-order valence-electron chi connectivity index (χ2n) is 17.4. The van der Waals surface area contributed by atoms with Crippen LogP contribution in [0, 0.1) is 0 Å². The third kappa shape index (κ3) is 5.39. The highest BCUT2D eigenvalue weighted by molar-refractivity contribution is 6.24. The van der Waals surface area contributed by atoms with E-state index in [0.29, 0.717) is 17.3 Å². The van der Waals surface area contributed by atoms with E-state index in [9.17, 15) is 0 Å². The summed E-state index contributed by atoms with van der Waals surface area (Å²) in [4.78, 5) is 19.0. The molecule has 5 aromatic heterocycles. The van der Waals surface area contributed by atoms with E-state index >= 15 is 0 Å². The highest BCUT2D eigenvalue weighted by atomic mass is 15.3. The Labute approximate surface area is 390 Å². The minimum atomic E-state index is 0.578. The van der Waals surface area contributed by atoms with Gasteiger partial charge in [-0.1, -0.05) is 164 Å². The fraction of sp³-hybridized carbons (Fsp3) is 0.0167. The second-order valence-corrected chi connectivity index (χ2v) is 17.4. The molecular weight excluding hydrogens is 833 g/mol. The van der Waals surface area contributed by atoms with Gasteiger partial charge in [0.05, 0.1) is 44.7 Å². The minimum absolute atomic E-state index is 0.578. The van der Waals surface area contributed by atoms with Gasteiger partial charge in [0.2, 0.25) is 5.95 Å². The number of nitrogens with zero attached hydrogens (tertiary/aromatic N) is 8. The molecule has 68 heavy (non-hydrogen) atoms. The van der Waals surface area contributed by atoms with Gasteiger partial charge >= 0.3 is 0 Å². The first-order valence-electron chi connectivity index (χ1n) is 22.9. The molecule has 6 heterocycles. The Hall–Kier alpha value is -9.27. The van der Waals surface area contributed by atoms with Gasteiger partial charge in [-0.15, -0.1) is 0 Å². The monoisotopic (exact) mass is 872 g/mol. The Bertz CT molecular complexity index is 4230. The third-order valence-corrected chi connectivity index (χ3v) is 13.7. The number of rotatable bonds is 5. The molecule has 8 nitrogen and oxygen atoms in total. The largest absolute Gasteiger partial charge is 0.308 e. The number of anilines is 3. The van der Waals surface area contributed by atoms with E-state index in [1.165, 1.54) is 10.8 Å². The van der Waals surface area contributed by atoms with Crippen LogP contribution >= 0.6 is 0 Å². The van der Waals surface area contributed by atoms with Crippen molar-refractivity contribution in [1.29, 1.82) is 0 Å². The Morgan fingerprint density at radius 1 is 0.426 bits per heavy atom. The number of hydrogen-bond donors (Lipinski definition) is 0. The van der Waals surface area contributed by atoms with Crippen molar-refractivity contribution in [1.82, 2.24) is 33.2 Å². The summed E-state index contributed by atoms with van der Waals surface area (Å²) in [6.07, 6.45) is 4.34. The molecule has 8 aromatic carbocycles. The fourth-order valence-corrected chi connectivity index (χ4v) is 10.7. The second kappa shape index (κ2) is 14.6. The summed E-state index contributed by atoms with van der Waals surface area (Å²) >= 11 is 0. The molecule has 0 unspecified atom stereocenters. The number of para-hydroxylation sites is 6. The lowest BCUT2D eigenvalue weighted by Crippen LogP contribution is -2.17. The van der Waals surface area contributed by atoms with E-state index in [1.807, 2.05) is 18.2 Å². The summed E-state index contributed by atoms with van der Waals surface area (Å²) in [7, 11) is 2.11. The summed E-state index contributed by atoms with van der Waals surface area (Å²) in [6, 6.07) is 70.6. The van der Waals surface area contributed by atoms with E-state index in [4.69, 9.17) is 15.0 Å². The first kappa shape index (κ1) is 38.0. The van der Waals surface area contributed by atoms with Crippen LogP contribution in [-0.2, 0) is 7.05 Å². The molecule has 0 bridgehead atoms. The molecule has 1 aliphatic rings. The molecule has 0 N–H and O–H groups in total. The van der Waals surface area contributed by atoms with Crippen LogP contribution in [0.1, 0.15) is 11.3 Å². The molecule has 0 saturated carbocycles. The number of fused-ring (bicyclic) bond motifs is 12. The van der Waals surface area contributed by atoms with Crippen molar-refractivity contribution in [2.24, 2.45) is 7.05 Å². The Morgan fingerprint density at radius 3 is 1.63 bits per heavy atom. The summed E-state index contributed by atoms with van der Waals surface area (Å²) in [6.45, 7) is 4.65. The van der Waals surface area contributed by atoms with Gasteiger partial charge in [-0.05, 0) is 60.2 Å². The lowest BCUT2D eigenvalue weighted by atomic mass is 10.00. The topological polar surface area (TPSA) is 61.6 Å². The summed E-state index contributed by atoms with van der Waals surface area (Å²) in [5.41, 5.74) is 14.7. The number of benzene rings is 8. The smallest absolute Gasteiger partial charge is 0.217 e. The number of aryl methyl sites for hydroxylation is 1. The van der Waals surface area contributed by atoms with Gasteiger partial charge in [0, 0.05) is 56.5 Å². The van der Waals surface area contributed by atoms with Crippen molar-refractivity contribution < 1.29 is 0 Å². The van der Waals surface area contributed by atoms with Gasteiger partial charge in [0.25, 0.3) is 0 Å². The van der Waals surface area contributed by atoms with Gasteiger partial charge in [0.15, 0.2) is 17.3 Å². The van der Waals surface area contributed by atoms with Crippen LogP contribution in [0.25, 0.3) is 106 Å². The number of allylic oxidation sites excluding steroid dienone is 2. The zero-order valence-corrected chi connectivity index (χ0v) is 37.0. The molecule has 13 aromatic rings. The van der Waals surface area contributed by atoms with Crippen molar-refractivity contribution in [3.8, 4) is 28.7 Å². The van der Waals surface area contributed by atoms with Gasteiger partial charge in [-0.2, -0.15) is 4.98 Å². The Kier molecular flexibility index (Phi) is 8.18. The molecule has 0 radical (unpaired) electrons. The average Bonchev–Trinajstić information content (AvgIpc) is 4.12. The number of imidazole rings is 1. The van der Waals surface area contributed by atoms with Crippen molar-refractivity contribution in [2.45, 2.75) is 0 Å². The van der Waals surface area contributed by atoms with Gasteiger partial charge in [-0.3, -0.25) is 9.47 Å². The third-order valence-electron chi connectivity index (χ3n) is 13.7. The van der Waals surface area contributed by atoms with E-state index in [2.05, 4.69) is 231 Å². The van der Waals surface area contributed by atoms with Crippen LogP contribution in [0.5, 0.6) is 0 Å². The van der Waals surface area contributed by atoms with Crippen molar-refractivity contribution in [3.05, 3.63) is 224 Å². The quantitative estimate of drug-likeness (QED) is 0.173. The highest BCUT2D eigenvalue weighted by Gasteiger charge is 2.33. The van der Waals surface area contributed by atoms with Crippen molar-refractivity contribution in [3.63, 3.8) is 0 Å². The van der Waals surface area contributed by atoms with Crippen LogP contribution < -0.4 is 4.90 Å². The molecule has 1 aliphatic heterocycles. The Morgan fingerprint density at radius 2 is 0.956 bits per heavy atom. The van der Waals surface area contributed by atoms with Crippen LogP contribution in [0.4, 0.5) is 17.2 Å². The van der Waals surface area contributed by atoms with Crippen LogP contribution in [0.3, 0.4) is 0 Å². The molecule has 0 saturated heterocycles. The van der Waals surface area contributed by atoms with Crippen molar-refractivity contribution >= 4 is 94.5 Å². The van der Waals surface area contributed by atoms with Crippen LogP contribution in [-0.4, -0.2) is 33.2 Å². The Balaban J connectivity index is 1.15. The molecule has 0 atom stereocenters. The SMILES string of the molecule is C=C1/C=C\c2c(c3ccccc3n2-c2ccccc2)N(c2nc(-c3ccccc3)nc3nc(-n4c5ccccc5c5ccc6c7ccccc7n(-c7ccccc7)c6c54)n(C)c23)c2ccccc21. The van der Waals surface area contributed by atoms with Crippen LogP contribution in [0.2, 0.25) is 0 Å². The molecular formula is C60H40N8. The molecule has 0 amide bonds. The van der Waals surface area contributed by atoms with E-state index in [-0.39, 0.29) is 0 Å². The lowest BCUT2D eigenvalue weighted by Gasteiger charge is -2.29. The standard InChI is InChI=1S/C60H40N8/c1-38-34-37-52-53(47-29-15-19-33-51(47)65(52)40-22-8-4-9-23-40)67(48-30-16-12-26-42(38)48)59-56-58(61-57(62-59)39-20-6-3-7-21-39)63-60(64(56)2)68-50-32-18-14-28-44(50)46-36-35-45-43-27-13-17-31-49(43)66(54(45)55(46)68)41-24-10-5-11-25-41/h3-37H,1H2,2H3/b37-34-. The predicted molar refractivity (Wildman–Crippen MR) is 280 cm³/mol. The minimum Gasteiger partial charge on any atom is -0.308 e. The van der Waals surface area contributed by atoms with Gasteiger partial charge in [0.1, 0.15) is 5.52 Å². The summed E-state index contributed by atoms with van der Waals surface area (Å²) < 4.78 is 9.29. The molecule has 0 spiro atoms. The maximum absolute atomic E-state index is 5.67. The molecule has 14 rings (SSSR count). The van der Waals surface area contributed by atoms with E-state index in [0.717, 1.165) is 100 Å². The first-order chi connectivity index (χ1) is 33.6. The van der Waals surface area contributed by atoms with Crippen LogP contribution in [0.15, 0.2) is 213 Å². The van der Waals surface area contributed by atoms with E-state index in [1.54, 1.807) is 0 Å². The number of hydrogen-bond acceptors (Lipinski definition) is 4. The zero-order chi connectivity index (χ0) is 45.0. The predicted octanol–water partition coefficient (Wildman–Crippen LogP) is 14.7. The zero-order valence-electron chi connectivity index (χ0n) is 37.0. The average molecular weight is 873 g/mol. The summed E-state index contributed by atoms with van der Waals surface area (Å²) in [5, 5.41) is 5.70. The first-order valence-corrected chi connectivity index (χ1v) is 22.9. The molecule has 0 fully saturated rings. The summed E-state index contributed by atoms with van der Waals surface area (Å²) in [5.74, 6) is 2.00. The molecule has 8 heteroatoms. The normalized spacial score (nSPS) is 13.2. The van der Waals surface area contributed by atoms with Gasteiger partial charge < -0.3 is 13.7 Å². The van der Waals surface area contributed by atoms with Gasteiger partial charge in [-0.25, -0.2) is 9.97 Å². The van der Waals surface area contributed by atoms with Crippen molar-refractivity contribution in [2.75, 3.05) is 4.90 Å². The molecule has 0 aliphatic carbocycles. The lowest BCUT2D eigenvalue weighted by molar-refractivity contribution is 0.868. The number of aromatic nitrogens is 7.